The molecule has 1 fully saturated rings. The second-order valence-electron chi connectivity index (χ2n) is 8.07. The zero-order valence-electron chi connectivity index (χ0n) is 17.7. The molecule has 1 saturated heterocycles. The summed E-state index contributed by atoms with van der Waals surface area (Å²) in [6, 6.07) is 21.3. The Balaban J connectivity index is 1.51. The lowest BCUT2D eigenvalue weighted by atomic mass is 10.1. The summed E-state index contributed by atoms with van der Waals surface area (Å²) in [6.45, 7) is 3.44. The summed E-state index contributed by atoms with van der Waals surface area (Å²) in [7, 11) is 4.12. The average Bonchev–Trinajstić information content (AvgIpc) is 3.27. The molecule has 2 atom stereocenters. The number of hydrogen-bond donors (Lipinski definition) is 2. The zero-order chi connectivity index (χ0) is 20.5. The van der Waals surface area contributed by atoms with Gasteiger partial charge in [0.05, 0.1) is 6.04 Å². The van der Waals surface area contributed by atoms with Crippen LogP contribution in [0.1, 0.15) is 30.0 Å². The standard InChI is InChI=1S/C24H34N4O/c1-27(2)22(17-20-11-5-3-6-12-20)18-25-24(29)26-19-23(28-15-9-10-16-28)21-13-7-4-8-14-21/h3-8,11-14,22-23H,9-10,15-19H2,1-2H3,(H2,25,26,29). The number of likely N-dealkylation sites (N-methyl/N-ethyl adjacent to an activating group) is 1. The smallest absolute Gasteiger partial charge is 0.314 e. The summed E-state index contributed by atoms with van der Waals surface area (Å²) < 4.78 is 0. The molecule has 3 rings (SSSR count). The Morgan fingerprint density at radius 2 is 1.52 bits per heavy atom. The predicted octanol–water partition coefficient (Wildman–Crippen LogP) is 3.30. The van der Waals surface area contributed by atoms with Crippen molar-refractivity contribution >= 4 is 6.03 Å². The lowest BCUT2D eigenvalue weighted by molar-refractivity contribution is 0.216. The first kappa shape index (κ1) is 21.3. The van der Waals surface area contributed by atoms with Gasteiger partial charge in [-0.3, -0.25) is 4.90 Å². The third kappa shape index (κ3) is 6.58. The number of nitrogens with zero attached hydrogens (tertiary/aromatic N) is 2. The Hall–Kier alpha value is -2.37. The summed E-state index contributed by atoms with van der Waals surface area (Å²) in [4.78, 5) is 17.2. The van der Waals surface area contributed by atoms with E-state index in [4.69, 9.17) is 0 Å². The van der Waals surface area contributed by atoms with E-state index in [0.29, 0.717) is 13.1 Å². The van der Waals surface area contributed by atoms with Gasteiger partial charge in [0.1, 0.15) is 0 Å². The van der Waals surface area contributed by atoms with Gasteiger partial charge in [-0.15, -0.1) is 0 Å². The number of nitrogens with one attached hydrogen (secondary N) is 2. The first-order valence-corrected chi connectivity index (χ1v) is 10.6. The Bertz CT molecular complexity index is 729. The molecular weight excluding hydrogens is 360 g/mol. The molecule has 0 aromatic heterocycles. The van der Waals surface area contributed by atoms with Crippen LogP contribution >= 0.6 is 0 Å². The predicted molar refractivity (Wildman–Crippen MR) is 119 cm³/mol. The van der Waals surface area contributed by atoms with E-state index in [0.717, 1.165) is 19.5 Å². The number of carbonyl (C=O) groups excluding carboxylic acids is 1. The van der Waals surface area contributed by atoms with Crippen LogP contribution in [0.4, 0.5) is 4.79 Å². The van der Waals surface area contributed by atoms with Crippen molar-refractivity contribution < 1.29 is 4.79 Å². The minimum atomic E-state index is -0.0926. The van der Waals surface area contributed by atoms with Gasteiger partial charge in [-0.05, 0) is 57.6 Å². The van der Waals surface area contributed by atoms with Gasteiger partial charge < -0.3 is 15.5 Å². The second kappa shape index (κ2) is 11.0. The molecule has 5 nitrogen and oxygen atoms in total. The quantitative estimate of drug-likeness (QED) is 0.686. The van der Waals surface area contributed by atoms with E-state index in [2.05, 4.69) is 83.1 Å². The monoisotopic (exact) mass is 394 g/mol. The third-order valence-corrected chi connectivity index (χ3v) is 5.76. The molecule has 0 bridgehead atoms. The summed E-state index contributed by atoms with van der Waals surface area (Å²) in [6.07, 6.45) is 3.38. The lowest BCUT2D eigenvalue weighted by Gasteiger charge is -2.29. The van der Waals surface area contributed by atoms with E-state index in [1.54, 1.807) is 0 Å². The minimum absolute atomic E-state index is 0.0926. The highest BCUT2D eigenvalue weighted by Crippen LogP contribution is 2.24. The summed E-state index contributed by atoms with van der Waals surface area (Å²) in [5.74, 6) is 0. The Kier molecular flexibility index (Phi) is 8.08. The van der Waals surface area contributed by atoms with Gasteiger partial charge >= 0.3 is 6.03 Å². The molecule has 2 N–H and O–H groups in total. The molecule has 1 aliphatic rings. The van der Waals surface area contributed by atoms with Crippen LogP contribution < -0.4 is 10.6 Å². The number of carbonyl (C=O) groups is 1. The van der Waals surface area contributed by atoms with Crippen molar-refractivity contribution in [2.75, 3.05) is 40.3 Å². The van der Waals surface area contributed by atoms with Crippen molar-refractivity contribution in [3.05, 3.63) is 71.8 Å². The molecule has 29 heavy (non-hydrogen) atoms. The fourth-order valence-electron chi connectivity index (χ4n) is 3.97. The van der Waals surface area contributed by atoms with Crippen molar-refractivity contribution in [1.29, 1.82) is 0 Å². The Morgan fingerprint density at radius 3 is 2.14 bits per heavy atom. The van der Waals surface area contributed by atoms with Gasteiger partial charge in [-0.1, -0.05) is 60.7 Å². The van der Waals surface area contributed by atoms with E-state index >= 15 is 0 Å². The third-order valence-electron chi connectivity index (χ3n) is 5.76. The lowest BCUT2D eigenvalue weighted by Crippen LogP contribution is -2.46. The van der Waals surface area contributed by atoms with Gasteiger partial charge in [0.15, 0.2) is 0 Å². The van der Waals surface area contributed by atoms with Crippen LogP contribution in [-0.2, 0) is 6.42 Å². The van der Waals surface area contributed by atoms with Crippen molar-refractivity contribution in [2.45, 2.75) is 31.3 Å². The molecule has 0 aliphatic carbocycles. The van der Waals surface area contributed by atoms with Gasteiger partial charge in [-0.2, -0.15) is 0 Å². The van der Waals surface area contributed by atoms with Crippen LogP contribution in [0.5, 0.6) is 0 Å². The number of amides is 2. The van der Waals surface area contributed by atoms with Crippen LogP contribution in [0.3, 0.4) is 0 Å². The highest BCUT2D eigenvalue weighted by atomic mass is 16.2. The van der Waals surface area contributed by atoms with Gasteiger partial charge in [0, 0.05) is 19.1 Å². The molecule has 1 aliphatic heterocycles. The molecular formula is C24H34N4O. The molecule has 2 aromatic carbocycles. The fraction of sp³-hybridized carbons (Fsp3) is 0.458. The number of hydrogen-bond acceptors (Lipinski definition) is 3. The van der Waals surface area contributed by atoms with Crippen molar-refractivity contribution in [3.8, 4) is 0 Å². The van der Waals surface area contributed by atoms with E-state index < -0.39 is 0 Å². The Labute approximate surface area is 175 Å². The van der Waals surface area contributed by atoms with Crippen LogP contribution in [-0.4, -0.2) is 62.1 Å². The molecule has 0 radical (unpaired) electrons. The van der Waals surface area contributed by atoms with Crippen molar-refractivity contribution in [3.63, 3.8) is 0 Å². The zero-order valence-corrected chi connectivity index (χ0v) is 17.7. The van der Waals surface area contributed by atoms with Crippen LogP contribution in [0.15, 0.2) is 60.7 Å². The summed E-state index contributed by atoms with van der Waals surface area (Å²) in [5.41, 5.74) is 2.55. The maximum absolute atomic E-state index is 12.5. The summed E-state index contributed by atoms with van der Waals surface area (Å²) in [5, 5.41) is 6.18. The molecule has 2 aromatic rings. The number of likely N-dealkylation sites (tertiary alicyclic amines) is 1. The normalized spacial score (nSPS) is 16.5. The van der Waals surface area contributed by atoms with Gasteiger partial charge in [0.2, 0.25) is 0 Å². The molecule has 156 valence electrons. The first-order valence-electron chi connectivity index (χ1n) is 10.6. The van der Waals surface area contributed by atoms with Crippen LogP contribution in [0.25, 0.3) is 0 Å². The van der Waals surface area contributed by atoms with E-state index in [-0.39, 0.29) is 18.1 Å². The SMILES string of the molecule is CN(C)C(CNC(=O)NCC(c1ccccc1)N1CCCC1)Cc1ccccc1. The highest BCUT2D eigenvalue weighted by molar-refractivity contribution is 5.73. The van der Waals surface area contributed by atoms with Crippen molar-refractivity contribution in [1.82, 2.24) is 20.4 Å². The second-order valence-corrected chi connectivity index (χ2v) is 8.07. The topological polar surface area (TPSA) is 47.6 Å². The number of urea groups is 1. The molecule has 2 unspecified atom stereocenters. The molecule has 1 heterocycles. The number of rotatable bonds is 9. The fourth-order valence-corrected chi connectivity index (χ4v) is 3.97. The molecule has 2 amide bonds. The maximum Gasteiger partial charge on any atom is 0.314 e. The van der Waals surface area contributed by atoms with Crippen LogP contribution in [0.2, 0.25) is 0 Å². The van der Waals surface area contributed by atoms with Gasteiger partial charge in [-0.25, -0.2) is 4.79 Å². The van der Waals surface area contributed by atoms with E-state index in [1.807, 2.05) is 12.1 Å². The van der Waals surface area contributed by atoms with Crippen molar-refractivity contribution in [2.24, 2.45) is 0 Å². The Morgan fingerprint density at radius 1 is 0.931 bits per heavy atom. The van der Waals surface area contributed by atoms with Gasteiger partial charge in [0.25, 0.3) is 0 Å². The largest absolute Gasteiger partial charge is 0.337 e. The number of benzene rings is 2. The van der Waals surface area contributed by atoms with Crippen LogP contribution in [0, 0.1) is 0 Å². The highest BCUT2D eigenvalue weighted by Gasteiger charge is 2.24. The maximum atomic E-state index is 12.5. The minimum Gasteiger partial charge on any atom is -0.337 e. The summed E-state index contributed by atoms with van der Waals surface area (Å²) >= 11 is 0. The first-order chi connectivity index (χ1) is 14.1. The molecule has 5 heteroatoms. The van der Waals surface area contributed by atoms with E-state index in [1.165, 1.54) is 24.0 Å². The van der Waals surface area contributed by atoms with E-state index in [9.17, 15) is 4.79 Å². The average molecular weight is 395 g/mol. The molecule has 0 spiro atoms. The molecule has 0 saturated carbocycles.